The van der Waals surface area contributed by atoms with E-state index in [2.05, 4.69) is 15.3 Å². The van der Waals surface area contributed by atoms with Gasteiger partial charge in [0.1, 0.15) is 0 Å². The molecule has 4 rings (SSSR count). The van der Waals surface area contributed by atoms with Gasteiger partial charge >= 0.3 is 0 Å². The van der Waals surface area contributed by atoms with Crippen molar-refractivity contribution in [1.82, 2.24) is 14.3 Å². The molecule has 1 atom stereocenters. The standard InChI is InChI=1S/C21H22N4O4S2/c1-25(13-17-3-2-12-29-17)31(27,28)18-6-4-16(5-7-18)20(26)24-21-23-19(14-30-21)15-8-10-22-11-9-15/h4-11,14,17H,2-3,12-13H2,1H3,(H,23,24,26)/t17-/m1/s1. The molecule has 3 heterocycles. The number of carbonyl (C=O) groups is 1. The van der Waals surface area contributed by atoms with Gasteiger partial charge in [0.05, 0.1) is 16.7 Å². The Morgan fingerprint density at radius 2 is 1.97 bits per heavy atom. The maximum Gasteiger partial charge on any atom is 0.257 e. The number of amides is 1. The van der Waals surface area contributed by atoms with E-state index in [0.717, 1.165) is 24.1 Å². The molecule has 0 radical (unpaired) electrons. The maximum atomic E-state index is 12.8. The van der Waals surface area contributed by atoms with Crippen molar-refractivity contribution in [3.8, 4) is 11.3 Å². The Balaban J connectivity index is 1.41. The lowest BCUT2D eigenvalue weighted by atomic mass is 10.2. The minimum atomic E-state index is -3.65. The van der Waals surface area contributed by atoms with Crippen LogP contribution < -0.4 is 5.32 Å². The van der Waals surface area contributed by atoms with E-state index in [1.807, 2.05) is 17.5 Å². The Morgan fingerprint density at radius 1 is 1.23 bits per heavy atom. The van der Waals surface area contributed by atoms with Crippen molar-refractivity contribution in [2.24, 2.45) is 0 Å². The fourth-order valence-electron chi connectivity index (χ4n) is 3.29. The fraction of sp³-hybridized carbons (Fsp3) is 0.286. The molecule has 162 valence electrons. The molecule has 8 nitrogen and oxygen atoms in total. The van der Waals surface area contributed by atoms with Crippen molar-refractivity contribution < 1.29 is 17.9 Å². The Morgan fingerprint density at radius 3 is 2.65 bits per heavy atom. The van der Waals surface area contributed by atoms with Gasteiger partial charge in [-0.05, 0) is 49.2 Å². The second kappa shape index (κ2) is 9.23. The van der Waals surface area contributed by atoms with Gasteiger partial charge in [-0.1, -0.05) is 0 Å². The van der Waals surface area contributed by atoms with Gasteiger partial charge in [0.25, 0.3) is 5.91 Å². The monoisotopic (exact) mass is 458 g/mol. The highest BCUT2D eigenvalue weighted by Gasteiger charge is 2.26. The van der Waals surface area contributed by atoms with Gasteiger partial charge in [0.15, 0.2) is 5.13 Å². The summed E-state index contributed by atoms with van der Waals surface area (Å²) in [7, 11) is -2.11. The number of rotatable bonds is 7. The predicted octanol–water partition coefficient (Wildman–Crippen LogP) is 3.26. The summed E-state index contributed by atoms with van der Waals surface area (Å²) in [6.45, 7) is 0.986. The lowest BCUT2D eigenvalue weighted by molar-refractivity contribution is 0.0979. The van der Waals surface area contributed by atoms with E-state index in [0.29, 0.717) is 23.8 Å². The molecule has 0 unspecified atom stereocenters. The summed E-state index contributed by atoms with van der Waals surface area (Å²) in [5.41, 5.74) is 2.01. The molecular weight excluding hydrogens is 436 g/mol. The lowest BCUT2D eigenvalue weighted by Gasteiger charge is -2.20. The van der Waals surface area contributed by atoms with E-state index in [-0.39, 0.29) is 16.9 Å². The number of likely N-dealkylation sites (N-methyl/N-ethyl adjacent to an activating group) is 1. The number of hydrogen-bond acceptors (Lipinski definition) is 7. The smallest absolute Gasteiger partial charge is 0.257 e. The normalized spacial score (nSPS) is 16.5. The first-order valence-electron chi connectivity index (χ1n) is 9.79. The predicted molar refractivity (Wildman–Crippen MR) is 119 cm³/mol. The van der Waals surface area contributed by atoms with Crippen LogP contribution in [0.25, 0.3) is 11.3 Å². The van der Waals surface area contributed by atoms with Crippen LogP contribution in [-0.2, 0) is 14.8 Å². The summed E-state index contributed by atoms with van der Waals surface area (Å²) < 4.78 is 32.4. The van der Waals surface area contributed by atoms with Crippen molar-refractivity contribution in [3.05, 3.63) is 59.7 Å². The van der Waals surface area contributed by atoms with Crippen LogP contribution in [0.15, 0.2) is 59.1 Å². The number of sulfonamides is 1. The summed E-state index contributed by atoms with van der Waals surface area (Å²) in [6.07, 6.45) is 5.10. The molecule has 31 heavy (non-hydrogen) atoms. The molecule has 1 amide bonds. The first-order valence-corrected chi connectivity index (χ1v) is 12.1. The molecule has 0 bridgehead atoms. The number of aromatic nitrogens is 2. The Labute approximate surface area is 185 Å². The van der Waals surface area contributed by atoms with Crippen molar-refractivity contribution >= 4 is 32.4 Å². The van der Waals surface area contributed by atoms with Crippen LogP contribution in [0.5, 0.6) is 0 Å². The zero-order valence-electron chi connectivity index (χ0n) is 16.9. The molecule has 1 aliphatic rings. The van der Waals surface area contributed by atoms with Crippen LogP contribution in [0.2, 0.25) is 0 Å². The van der Waals surface area contributed by atoms with Gasteiger partial charge in [0, 0.05) is 49.1 Å². The van der Waals surface area contributed by atoms with Gasteiger partial charge in [-0.15, -0.1) is 11.3 Å². The summed E-state index contributed by atoms with van der Waals surface area (Å²) in [5, 5.41) is 5.07. The third-order valence-corrected chi connectivity index (χ3v) is 7.61. The third kappa shape index (κ3) is 4.99. The number of nitrogens with zero attached hydrogens (tertiary/aromatic N) is 3. The van der Waals surface area contributed by atoms with E-state index in [1.54, 1.807) is 19.4 Å². The number of ether oxygens (including phenoxy) is 1. The fourth-order valence-corrected chi connectivity index (χ4v) is 5.20. The first kappa shape index (κ1) is 21.6. The van der Waals surface area contributed by atoms with E-state index in [9.17, 15) is 13.2 Å². The van der Waals surface area contributed by atoms with Crippen LogP contribution in [0.3, 0.4) is 0 Å². The van der Waals surface area contributed by atoms with Crippen LogP contribution in [0, 0.1) is 0 Å². The van der Waals surface area contributed by atoms with Crippen LogP contribution in [-0.4, -0.2) is 54.9 Å². The quantitative estimate of drug-likeness (QED) is 0.583. The van der Waals surface area contributed by atoms with Crippen molar-refractivity contribution in [2.45, 2.75) is 23.8 Å². The van der Waals surface area contributed by atoms with Crippen molar-refractivity contribution in [1.29, 1.82) is 0 Å². The van der Waals surface area contributed by atoms with Crippen molar-refractivity contribution in [2.75, 3.05) is 25.5 Å². The van der Waals surface area contributed by atoms with E-state index < -0.39 is 10.0 Å². The maximum absolute atomic E-state index is 12.8. The van der Waals surface area contributed by atoms with Crippen LogP contribution in [0.4, 0.5) is 5.13 Å². The minimum absolute atomic E-state index is 0.0693. The molecule has 2 aromatic heterocycles. The van der Waals surface area contributed by atoms with Gasteiger partial charge < -0.3 is 4.74 Å². The zero-order valence-corrected chi connectivity index (χ0v) is 18.5. The van der Waals surface area contributed by atoms with Crippen molar-refractivity contribution in [3.63, 3.8) is 0 Å². The molecule has 1 aromatic carbocycles. The van der Waals surface area contributed by atoms with E-state index in [1.165, 1.54) is 39.9 Å². The number of carbonyl (C=O) groups excluding carboxylic acids is 1. The van der Waals surface area contributed by atoms with Gasteiger partial charge in [-0.3, -0.25) is 15.1 Å². The number of benzene rings is 1. The first-order chi connectivity index (χ1) is 14.9. The Bertz CT molecular complexity index is 1140. The molecule has 3 aromatic rings. The van der Waals surface area contributed by atoms with Gasteiger partial charge in [-0.2, -0.15) is 4.31 Å². The molecule has 1 fully saturated rings. The topological polar surface area (TPSA) is 101 Å². The van der Waals surface area contributed by atoms with E-state index in [4.69, 9.17) is 4.74 Å². The molecule has 0 saturated carbocycles. The second-order valence-electron chi connectivity index (χ2n) is 7.17. The highest BCUT2D eigenvalue weighted by Crippen LogP contribution is 2.25. The molecule has 0 aliphatic carbocycles. The molecule has 0 spiro atoms. The third-order valence-electron chi connectivity index (χ3n) is 5.01. The number of hydrogen-bond donors (Lipinski definition) is 1. The Hall–Kier alpha value is -2.66. The Kier molecular flexibility index (Phi) is 6.42. The van der Waals surface area contributed by atoms with E-state index >= 15 is 0 Å². The highest BCUT2D eigenvalue weighted by molar-refractivity contribution is 7.89. The average molecular weight is 459 g/mol. The van der Waals surface area contributed by atoms with Gasteiger partial charge in [-0.25, -0.2) is 13.4 Å². The summed E-state index contributed by atoms with van der Waals surface area (Å²) >= 11 is 1.32. The zero-order chi connectivity index (χ0) is 21.8. The number of anilines is 1. The highest BCUT2D eigenvalue weighted by atomic mass is 32.2. The lowest BCUT2D eigenvalue weighted by Crippen LogP contribution is -2.34. The molecule has 1 saturated heterocycles. The minimum Gasteiger partial charge on any atom is -0.377 e. The molecule has 1 N–H and O–H groups in total. The number of thiazole rings is 1. The largest absolute Gasteiger partial charge is 0.377 e. The SMILES string of the molecule is CN(C[C@H]1CCCO1)S(=O)(=O)c1ccc(C(=O)Nc2nc(-c3ccncc3)cs2)cc1. The van der Waals surface area contributed by atoms with Gasteiger partial charge in [0.2, 0.25) is 10.0 Å². The summed E-state index contributed by atoms with van der Waals surface area (Å²) in [4.78, 5) is 21.1. The molecule has 10 heteroatoms. The van der Waals surface area contributed by atoms with Crippen LogP contribution >= 0.6 is 11.3 Å². The molecular formula is C21H22N4O4S2. The summed E-state index contributed by atoms with van der Waals surface area (Å²) in [6, 6.07) is 9.57. The average Bonchev–Trinajstić information content (AvgIpc) is 3.46. The summed E-state index contributed by atoms with van der Waals surface area (Å²) in [5.74, 6) is -0.354. The second-order valence-corrected chi connectivity index (χ2v) is 10.1. The number of nitrogens with one attached hydrogen (secondary N) is 1. The number of pyridine rings is 1. The van der Waals surface area contributed by atoms with Crippen LogP contribution in [0.1, 0.15) is 23.2 Å². The molecule has 1 aliphatic heterocycles.